The van der Waals surface area contributed by atoms with Crippen LogP contribution in [0.2, 0.25) is 0 Å². The quantitative estimate of drug-likeness (QED) is 0.136. The number of hydrogen-bond donors (Lipinski definition) is 0. The highest BCUT2D eigenvalue weighted by atomic mass is 32.1. The Balaban J connectivity index is 1.32. The molecule has 0 saturated heterocycles. The Morgan fingerprint density at radius 2 is 1.66 bits per heavy atom. The molecule has 234 valence electrons. The minimum Gasteiger partial charge on any atom is -0.454 e. The number of pyridine rings is 2. The highest BCUT2D eigenvalue weighted by molar-refractivity contribution is 7.19. The number of thiophene rings is 1. The van der Waals surface area contributed by atoms with Crippen molar-refractivity contribution in [3.8, 4) is 22.5 Å². The van der Waals surface area contributed by atoms with E-state index < -0.39 is 0 Å². The summed E-state index contributed by atoms with van der Waals surface area (Å²) in [5.41, 5.74) is 12.3. The van der Waals surface area contributed by atoms with Gasteiger partial charge in [0, 0.05) is 55.1 Å². The van der Waals surface area contributed by atoms with Crippen LogP contribution < -0.4 is 9.13 Å². The van der Waals surface area contributed by atoms with Crippen LogP contribution in [0.25, 0.3) is 54.5 Å². The van der Waals surface area contributed by atoms with Crippen LogP contribution in [0.1, 0.15) is 66.3 Å². The van der Waals surface area contributed by atoms with Gasteiger partial charge in [0.1, 0.15) is 18.2 Å². The van der Waals surface area contributed by atoms with E-state index in [1.165, 1.54) is 70.5 Å². The zero-order valence-corrected chi connectivity index (χ0v) is 29.0. The first-order chi connectivity index (χ1) is 22.6. The second-order valence-electron chi connectivity index (χ2n) is 14.4. The van der Waals surface area contributed by atoms with Gasteiger partial charge in [-0.3, -0.25) is 0 Å². The lowest BCUT2D eigenvalue weighted by molar-refractivity contribution is -0.707. The molecule has 0 aliphatic carbocycles. The number of benzene rings is 3. The highest BCUT2D eigenvalue weighted by Gasteiger charge is 2.38. The maximum Gasteiger partial charge on any atom is 0.216 e. The summed E-state index contributed by atoms with van der Waals surface area (Å²) in [6, 6.07) is 29.7. The summed E-state index contributed by atoms with van der Waals surface area (Å²) in [6.45, 7) is 15.6. The van der Waals surface area contributed by atoms with E-state index in [-0.39, 0.29) is 11.5 Å². The van der Waals surface area contributed by atoms with Gasteiger partial charge in [-0.15, -0.1) is 11.3 Å². The van der Waals surface area contributed by atoms with Crippen molar-refractivity contribution in [1.29, 1.82) is 0 Å². The molecule has 7 aromatic rings. The van der Waals surface area contributed by atoms with E-state index in [1.54, 1.807) is 0 Å². The summed E-state index contributed by atoms with van der Waals surface area (Å²) >= 11 is 1.83. The van der Waals surface area contributed by atoms with Crippen LogP contribution in [0.3, 0.4) is 0 Å². The van der Waals surface area contributed by atoms with E-state index >= 15 is 0 Å². The first-order valence-corrected chi connectivity index (χ1v) is 17.6. The molecule has 3 nitrogen and oxygen atoms in total. The lowest BCUT2D eigenvalue weighted by Gasteiger charge is -2.29. The topological polar surface area (TPSA) is 20.9 Å². The third kappa shape index (κ3) is 4.84. The maximum absolute atomic E-state index is 7.01. The molecule has 3 aromatic carbocycles. The summed E-state index contributed by atoms with van der Waals surface area (Å²) in [4.78, 5) is 1.30. The average Bonchev–Trinajstić information content (AvgIpc) is 3.62. The van der Waals surface area contributed by atoms with Gasteiger partial charge in [0.2, 0.25) is 11.4 Å². The maximum atomic E-state index is 7.01. The molecule has 8 rings (SSSR count). The second-order valence-corrected chi connectivity index (χ2v) is 15.7. The molecule has 4 heteroatoms. The predicted octanol–water partition coefficient (Wildman–Crippen LogP) is 10.6. The van der Waals surface area contributed by atoms with Crippen LogP contribution in [0.4, 0.5) is 0 Å². The summed E-state index contributed by atoms with van der Waals surface area (Å²) in [5, 5.41) is 3.57. The smallest absolute Gasteiger partial charge is 0.216 e. The number of allylic oxidation sites excluding steroid dienone is 1. The molecule has 5 heterocycles. The fourth-order valence-corrected chi connectivity index (χ4v) is 8.72. The van der Waals surface area contributed by atoms with Crippen molar-refractivity contribution in [1.82, 2.24) is 0 Å². The number of aromatic nitrogens is 2. The van der Waals surface area contributed by atoms with Crippen molar-refractivity contribution >= 4 is 43.4 Å². The SMILES string of the molecule is C=CC1C(CCc2ccc3c(oc4c5cc(C)sc5ccc34)c2-c2cc(C(C)(C)C)cc[n+]2C)c2ccccc2-c2ccc(C)c[n+]21. The van der Waals surface area contributed by atoms with Crippen molar-refractivity contribution in [2.75, 3.05) is 0 Å². The van der Waals surface area contributed by atoms with Gasteiger partial charge in [-0.05, 0) is 85.2 Å². The fraction of sp³-hybridized carbons (Fsp3) is 0.256. The molecule has 4 aromatic heterocycles. The number of fused-ring (bicyclic) bond motifs is 8. The van der Waals surface area contributed by atoms with E-state index in [4.69, 9.17) is 4.42 Å². The molecule has 0 radical (unpaired) electrons. The number of rotatable bonds is 5. The molecule has 0 fully saturated rings. The Morgan fingerprint density at radius 1 is 0.872 bits per heavy atom. The fourth-order valence-electron chi connectivity index (χ4n) is 7.80. The van der Waals surface area contributed by atoms with Gasteiger partial charge in [0.15, 0.2) is 18.4 Å². The molecular weight excluding hydrogens is 593 g/mol. The first-order valence-electron chi connectivity index (χ1n) is 16.7. The largest absolute Gasteiger partial charge is 0.454 e. The minimum absolute atomic E-state index is 0.0249. The summed E-state index contributed by atoms with van der Waals surface area (Å²) in [7, 11) is 2.16. The molecule has 0 saturated carbocycles. The van der Waals surface area contributed by atoms with Crippen molar-refractivity contribution in [3.63, 3.8) is 0 Å². The van der Waals surface area contributed by atoms with Crippen LogP contribution in [-0.4, -0.2) is 0 Å². The molecule has 1 aliphatic heterocycles. The van der Waals surface area contributed by atoms with Gasteiger partial charge in [0.05, 0.1) is 11.5 Å². The van der Waals surface area contributed by atoms with E-state index in [9.17, 15) is 0 Å². The standard InChI is InChI=1S/C43H42N2OS/c1-8-36-32(30-11-9-10-12-31(30)37-19-13-26(2)25-45(36)37)16-14-28-15-17-34-33-18-20-39-35(23-27(3)47-39)41(33)46-42(34)40(28)38-24-29(43(4,5)6)21-22-44(38)7/h8-13,15,17-25,32,36H,1,14,16H2,2-7H3/q+2. The number of nitrogens with zero attached hydrogens (tertiary/aromatic N) is 2. The average molecular weight is 635 g/mol. The summed E-state index contributed by atoms with van der Waals surface area (Å²) < 4.78 is 13.0. The van der Waals surface area contributed by atoms with Crippen LogP contribution in [-0.2, 0) is 18.9 Å². The zero-order chi connectivity index (χ0) is 32.6. The van der Waals surface area contributed by atoms with Crippen LogP contribution in [0.5, 0.6) is 0 Å². The molecule has 1 aliphatic rings. The molecule has 0 amide bonds. The van der Waals surface area contributed by atoms with Crippen molar-refractivity contribution < 1.29 is 13.6 Å². The zero-order valence-electron chi connectivity index (χ0n) is 28.2. The Morgan fingerprint density at radius 3 is 2.47 bits per heavy atom. The van der Waals surface area contributed by atoms with E-state index in [2.05, 4.69) is 155 Å². The Hall–Kier alpha value is -4.54. The van der Waals surface area contributed by atoms with Gasteiger partial charge in [0.25, 0.3) is 0 Å². The third-order valence-electron chi connectivity index (χ3n) is 10.2. The van der Waals surface area contributed by atoms with E-state index in [1.807, 2.05) is 11.3 Å². The van der Waals surface area contributed by atoms with Crippen LogP contribution >= 0.6 is 11.3 Å². The van der Waals surface area contributed by atoms with Gasteiger partial charge >= 0.3 is 0 Å². The molecule has 2 atom stereocenters. The van der Waals surface area contributed by atoms with Gasteiger partial charge in [-0.25, -0.2) is 4.57 Å². The molecule has 0 spiro atoms. The van der Waals surface area contributed by atoms with Crippen molar-refractivity contribution in [3.05, 3.63) is 131 Å². The molecule has 47 heavy (non-hydrogen) atoms. The summed E-state index contributed by atoms with van der Waals surface area (Å²) in [6.07, 6.45) is 8.56. The van der Waals surface area contributed by atoms with E-state index in [0.717, 1.165) is 24.0 Å². The number of furan rings is 1. The Labute approximate surface area is 281 Å². The first kappa shape index (κ1) is 29.8. The Kier molecular flexibility index (Phi) is 7.00. The highest BCUT2D eigenvalue weighted by Crippen LogP contribution is 2.45. The van der Waals surface area contributed by atoms with Gasteiger partial charge < -0.3 is 4.42 Å². The Bertz CT molecular complexity index is 2370. The van der Waals surface area contributed by atoms with Crippen LogP contribution in [0, 0.1) is 13.8 Å². The minimum atomic E-state index is 0.0249. The molecule has 0 bridgehead atoms. The number of hydrogen-bond acceptors (Lipinski definition) is 2. The second kappa shape index (κ2) is 11.0. The molecule has 0 N–H and O–H groups in total. The monoisotopic (exact) mass is 634 g/mol. The third-order valence-corrected chi connectivity index (χ3v) is 11.3. The van der Waals surface area contributed by atoms with E-state index in [0.29, 0.717) is 5.92 Å². The summed E-state index contributed by atoms with van der Waals surface area (Å²) in [5.74, 6) is 0.297. The lowest BCUT2D eigenvalue weighted by atomic mass is 9.79. The van der Waals surface area contributed by atoms with Crippen molar-refractivity contribution in [2.45, 2.75) is 64.8 Å². The lowest BCUT2D eigenvalue weighted by Crippen LogP contribution is -2.46. The van der Waals surface area contributed by atoms with Crippen molar-refractivity contribution in [2.24, 2.45) is 7.05 Å². The normalized spacial score (nSPS) is 16.1. The van der Waals surface area contributed by atoms with Crippen LogP contribution in [0.15, 0.2) is 108 Å². The molecule has 2 unspecified atom stereocenters. The number of aryl methyl sites for hydroxylation is 4. The van der Waals surface area contributed by atoms with Gasteiger partial charge in [-0.2, -0.15) is 4.57 Å². The van der Waals surface area contributed by atoms with Gasteiger partial charge in [-0.1, -0.05) is 57.7 Å². The predicted molar refractivity (Wildman–Crippen MR) is 196 cm³/mol. The molecular formula is C43H42N2OS+2.